The van der Waals surface area contributed by atoms with E-state index in [1.165, 1.54) is 0 Å². The summed E-state index contributed by atoms with van der Waals surface area (Å²) >= 11 is 12.1. The number of carbonyl (C=O) groups is 1. The third-order valence-corrected chi connectivity index (χ3v) is 3.81. The number of ether oxygens (including phenoxy) is 1. The van der Waals surface area contributed by atoms with Gasteiger partial charge in [0.25, 0.3) is 0 Å². The van der Waals surface area contributed by atoms with Gasteiger partial charge in [-0.15, -0.1) is 0 Å². The number of nitrogens with one attached hydrogen (secondary N) is 1. The standard InChI is InChI=1S/C16H22Cl2N2O2/c1-16(2,3)22-15(21)20-5-4-19-10-14(20)8-11-6-12(17)9-13(18)7-11/h6-7,9,14,19H,4-5,8,10H2,1-3H3/t14-/m0/s1. The van der Waals surface area contributed by atoms with Crippen molar-refractivity contribution in [2.45, 2.75) is 38.8 Å². The number of amides is 1. The molecule has 0 spiro atoms. The van der Waals surface area contributed by atoms with Crippen molar-refractivity contribution in [3.63, 3.8) is 0 Å². The predicted octanol–water partition coefficient (Wildman–Crippen LogP) is 3.74. The van der Waals surface area contributed by atoms with Crippen LogP contribution in [0, 0.1) is 0 Å². The summed E-state index contributed by atoms with van der Waals surface area (Å²) in [6.07, 6.45) is 0.416. The summed E-state index contributed by atoms with van der Waals surface area (Å²) in [4.78, 5) is 14.2. The van der Waals surface area contributed by atoms with Crippen LogP contribution < -0.4 is 5.32 Å². The van der Waals surface area contributed by atoms with E-state index < -0.39 is 5.60 Å². The van der Waals surface area contributed by atoms with Crippen molar-refractivity contribution >= 4 is 29.3 Å². The molecule has 0 aliphatic carbocycles. The number of halogens is 2. The van der Waals surface area contributed by atoms with Gasteiger partial charge in [-0.2, -0.15) is 0 Å². The third kappa shape index (κ3) is 5.04. The molecule has 122 valence electrons. The first-order valence-electron chi connectivity index (χ1n) is 7.40. The summed E-state index contributed by atoms with van der Waals surface area (Å²) in [5.41, 5.74) is 0.519. The monoisotopic (exact) mass is 344 g/mol. The van der Waals surface area contributed by atoms with E-state index in [0.29, 0.717) is 23.0 Å². The molecule has 1 amide bonds. The minimum Gasteiger partial charge on any atom is -0.444 e. The van der Waals surface area contributed by atoms with Gasteiger partial charge >= 0.3 is 6.09 Å². The van der Waals surface area contributed by atoms with Crippen LogP contribution in [0.5, 0.6) is 0 Å². The highest BCUT2D eigenvalue weighted by atomic mass is 35.5. The molecule has 22 heavy (non-hydrogen) atoms. The fourth-order valence-electron chi connectivity index (χ4n) is 2.51. The van der Waals surface area contributed by atoms with Gasteiger partial charge in [0.1, 0.15) is 5.60 Å². The lowest BCUT2D eigenvalue weighted by Gasteiger charge is -2.37. The van der Waals surface area contributed by atoms with Crippen LogP contribution in [0.25, 0.3) is 0 Å². The zero-order chi connectivity index (χ0) is 16.3. The molecule has 1 aromatic rings. The third-order valence-electron chi connectivity index (χ3n) is 3.37. The van der Waals surface area contributed by atoms with Gasteiger partial charge in [0, 0.05) is 29.7 Å². The van der Waals surface area contributed by atoms with Crippen LogP contribution in [0.3, 0.4) is 0 Å². The number of piperazine rings is 1. The molecule has 2 rings (SSSR count). The second-order valence-corrected chi connectivity index (χ2v) is 7.39. The lowest BCUT2D eigenvalue weighted by Crippen LogP contribution is -2.55. The number of rotatable bonds is 2. The van der Waals surface area contributed by atoms with Crippen molar-refractivity contribution in [2.24, 2.45) is 0 Å². The fourth-order valence-corrected chi connectivity index (χ4v) is 3.08. The van der Waals surface area contributed by atoms with E-state index in [1.54, 1.807) is 11.0 Å². The van der Waals surface area contributed by atoms with E-state index in [2.05, 4.69) is 5.32 Å². The molecule has 0 saturated carbocycles. The Labute approximate surface area is 141 Å². The zero-order valence-corrected chi connectivity index (χ0v) is 14.7. The molecule has 0 aromatic heterocycles. The summed E-state index contributed by atoms with van der Waals surface area (Å²) < 4.78 is 5.50. The minimum atomic E-state index is -0.494. The minimum absolute atomic E-state index is 0.0260. The summed E-state index contributed by atoms with van der Waals surface area (Å²) in [5.74, 6) is 0. The summed E-state index contributed by atoms with van der Waals surface area (Å²) in [7, 11) is 0. The van der Waals surface area contributed by atoms with Crippen LogP contribution in [-0.2, 0) is 11.2 Å². The molecule has 0 unspecified atom stereocenters. The quantitative estimate of drug-likeness (QED) is 0.888. The Balaban J connectivity index is 2.11. The molecule has 1 atom stereocenters. The lowest BCUT2D eigenvalue weighted by atomic mass is 10.0. The van der Waals surface area contributed by atoms with Crippen LogP contribution in [0.1, 0.15) is 26.3 Å². The molecular formula is C16H22Cl2N2O2. The highest BCUT2D eigenvalue weighted by Crippen LogP contribution is 2.22. The molecule has 0 bridgehead atoms. The average Bonchev–Trinajstić information content (AvgIpc) is 2.35. The van der Waals surface area contributed by atoms with E-state index >= 15 is 0 Å². The highest BCUT2D eigenvalue weighted by Gasteiger charge is 2.30. The maximum atomic E-state index is 12.4. The van der Waals surface area contributed by atoms with Crippen molar-refractivity contribution in [1.82, 2.24) is 10.2 Å². The van der Waals surface area contributed by atoms with Gasteiger partial charge in [-0.05, 0) is 51.0 Å². The van der Waals surface area contributed by atoms with E-state index in [-0.39, 0.29) is 12.1 Å². The zero-order valence-electron chi connectivity index (χ0n) is 13.2. The van der Waals surface area contributed by atoms with Crippen LogP contribution in [0.2, 0.25) is 10.0 Å². The molecule has 6 heteroatoms. The van der Waals surface area contributed by atoms with Crippen LogP contribution >= 0.6 is 23.2 Å². The predicted molar refractivity (Wildman–Crippen MR) is 89.8 cm³/mol. The van der Waals surface area contributed by atoms with Gasteiger partial charge in [-0.25, -0.2) is 4.79 Å². The Morgan fingerprint density at radius 2 is 1.95 bits per heavy atom. The number of carbonyl (C=O) groups excluding carboxylic acids is 1. The molecule has 1 aromatic carbocycles. The highest BCUT2D eigenvalue weighted by molar-refractivity contribution is 6.34. The second-order valence-electron chi connectivity index (χ2n) is 6.51. The van der Waals surface area contributed by atoms with Gasteiger partial charge in [0.05, 0.1) is 6.04 Å². The van der Waals surface area contributed by atoms with Crippen molar-refractivity contribution < 1.29 is 9.53 Å². The summed E-state index contributed by atoms with van der Waals surface area (Å²) in [5, 5.41) is 4.53. The maximum absolute atomic E-state index is 12.4. The molecule has 1 aliphatic heterocycles. The largest absolute Gasteiger partial charge is 0.444 e. The first-order valence-corrected chi connectivity index (χ1v) is 8.15. The number of hydrogen-bond acceptors (Lipinski definition) is 3. The molecule has 4 nitrogen and oxygen atoms in total. The fraction of sp³-hybridized carbons (Fsp3) is 0.562. The van der Waals surface area contributed by atoms with Gasteiger partial charge < -0.3 is 15.0 Å². The van der Waals surface area contributed by atoms with Crippen LogP contribution in [0.4, 0.5) is 4.79 Å². The smallest absolute Gasteiger partial charge is 0.410 e. The summed E-state index contributed by atoms with van der Waals surface area (Å²) in [6.45, 7) is 7.75. The normalized spacial score (nSPS) is 19.1. The molecule has 0 radical (unpaired) electrons. The number of benzene rings is 1. The summed E-state index contributed by atoms with van der Waals surface area (Å²) in [6, 6.07) is 5.50. The van der Waals surface area contributed by atoms with Crippen molar-refractivity contribution in [3.8, 4) is 0 Å². The number of hydrogen-bond donors (Lipinski definition) is 1. The molecular weight excluding hydrogens is 323 g/mol. The molecule has 1 N–H and O–H groups in total. The van der Waals surface area contributed by atoms with Crippen LogP contribution in [-0.4, -0.2) is 42.3 Å². The van der Waals surface area contributed by atoms with E-state index in [4.69, 9.17) is 27.9 Å². The van der Waals surface area contributed by atoms with E-state index in [9.17, 15) is 4.79 Å². The Morgan fingerprint density at radius 1 is 1.32 bits per heavy atom. The van der Waals surface area contributed by atoms with Crippen molar-refractivity contribution in [1.29, 1.82) is 0 Å². The average molecular weight is 345 g/mol. The number of nitrogens with zero attached hydrogens (tertiary/aromatic N) is 1. The first-order chi connectivity index (χ1) is 10.2. The Bertz CT molecular complexity index is 523. The Kier molecular flexibility index (Phi) is 5.59. The van der Waals surface area contributed by atoms with E-state index in [0.717, 1.165) is 18.7 Å². The molecule has 1 fully saturated rings. The lowest BCUT2D eigenvalue weighted by molar-refractivity contribution is 0.0122. The Morgan fingerprint density at radius 3 is 2.55 bits per heavy atom. The molecule has 1 aliphatic rings. The topological polar surface area (TPSA) is 41.6 Å². The first kappa shape index (κ1) is 17.4. The second kappa shape index (κ2) is 7.07. The van der Waals surface area contributed by atoms with Crippen molar-refractivity contribution in [3.05, 3.63) is 33.8 Å². The van der Waals surface area contributed by atoms with E-state index in [1.807, 2.05) is 32.9 Å². The molecule has 1 saturated heterocycles. The van der Waals surface area contributed by atoms with Crippen molar-refractivity contribution in [2.75, 3.05) is 19.6 Å². The maximum Gasteiger partial charge on any atom is 0.410 e. The van der Waals surface area contributed by atoms with Gasteiger partial charge in [0.15, 0.2) is 0 Å². The van der Waals surface area contributed by atoms with Gasteiger partial charge in [-0.3, -0.25) is 0 Å². The SMILES string of the molecule is CC(C)(C)OC(=O)N1CCNC[C@@H]1Cc1cc(Cl)cc(Cl)c1. The van der Waals surface area contributed by atoms with Gasteiger partial charge in [-0.1, -0.05) is 23.2 Å². The molecule has 1 heterocycles. The van der Waals surface area contributed by atoms with Gasteiger partial charge in [0.2, 0.25) is 0 Å². The Hall–Kier alpha value is -0.970. The van der Waals surface area contributed by atoms with Crippen LogP contribution in [0.15, 0.2) is 18.2 Å².